The molecule has 0 atom stereocenters. The topological polar surface area (TPSA) is 61.7 Å². The lowest BCUT2D eigenvalue weighted by atomic mass is 9.97. The summed E-state index contributed by atoms with van der Waals surface area (Å²) in [5, 5.41) is 18.2. The highest BCUT2D eigenvalue weighted by molar-refractivity contribution is 6.13. The summed E-state index contributed by atoms with van der Waals surface area (Å²) in [7, 11) is 0. The van der Waals surface area contributed by atoms with Gasteiger partial charge in [0.2, 0.25) is 0 Å². The maximum absolute atomic E-state index is 12.2. The van der Waals surface area contributed by atoms with Gasteiger partial charge in [0.05, 0.1) is 11.8 Å². The molecule has 4 aromatic carbocycles. The summed E-state index contributed by atoms with van der Waals surface area (Å²) in [5.74, 6) is -0.528. The number of benzene rings is 4. The zero-order chi connectivity index (χ0) is 17.9. The second-order valence-electron chi connectivity index (χ2n) is 5.95. The molecule has 0 heterocycles. The van der Waals surface area contributed by atoms with Gasteiger partial charge in [0.15, 0.2) is 0 Å². The number of phenols is 1. The number of amides is 1. The number of rotatable bonds is 3. The Hall–Kier alpha value is -3.66. The third kappa shape index (κ3) is 2.89. The van der Waals surface area contributed by atoms with E-state index in [0.29, 0.717) is 0 Å². The van der Waals surface area contributed by atoms with Crippen molar-refractivity contribution in [3.05, 3.63) is 90.0 Å². The van der Waals surface area contributed by atoms with Gasteiger partial charge in [0.25, 0.3) is 5.91 Å². The summed E-state index contributed by atoms with van der Waals surface area (Å²) in [4.78, 5) is 12.2. The monoisotopic (exact) mass is 340 g/mol. The fourth-order valence-corrected chi connectivity index (χ4v) is 3.07. The van der Waals surface area contributed by atoms with Gasteiger partial charge in [-0.15, -0.1) is 0 Å². The maximum Gasteiger partial charge on any atom is 0.275 e. The largest absolute Gasteiger partial charge is 0.507 e. The Labute approximate surface area is 150 Å². The minimum absolute atomic E-state index is 0.0733. The molecule has 4 heteroatoms. The van der Waals surface area contributed by atoms with Gasteiger partial charge in [0, 0.05) is 5.56 Å². The summed E-state index contributed by atoms with van der Waals surface area (Å²) in [5.41, 5.74) is 3.62. The Balaban J connectivity index is 1.73. The number of phenolic OH excluding ortho intramolecular Hbond substituents is 1. The van der Waals surface area contributed by atoms with Crippen molar-refractivity contribution in [2.24, 2.45) is 5.10 Å². The third-order valence-corrected chi connectivity index (χ3v) is 4.32. The zero-order valence-corrected chi connectivity index (χ0v) is 13.9. The van der Waals surface area contributed by atoms with Crippen molar-refractivity contribution in [1.82, 2.24) is 5.43 Å². The molecule has 4 rings (SSSR count). The van der Waals surface area contributed by atoms with E-state index in [1.165, 1.54) is 6.07 Å². The smallest absolute Gasteiger partial charge is 0.275 e. The fraction of sp³-hybridized carbons (Fsp3) is 0. The molecule has 0 bridgehead atoms. The number of hydrogen-bond donors (Lipinski definition) is 2. The summed E-state index contributed by atoms with van der Waals surface area (Å²) >= 11 is 0. The molecule has 4 aromatic rings. The predicted molar refractivity (Wildman–Crippen MR) is 105 cm³/mol. The summed E-state index contributed by atoms with van der Waals surface area (Å²) < 4.78 is 0. The normalized spacial score (nSPS) is 11.2. The van der Waals surface area contributed by atoms with Gasteiger partial charge in [0.1, 0.15) is 5.75 Å². The molecule has 0 aliphatic rings. The van der Waals surface area contributed by atoms with Gasteiger partial charge in [-0.3, -0.25) is 4.79 Å². The molecule has 4 nitrogen and oxygen atoms in total. The molecule has 2 N–H and O–H groups in total. The molecular weight excluding hydrogens is 324 g/mol. The number of fused-ring (bicyclic) bond motifs is 2. The van der Waals surface area contributed by atoms with Gasteiger partial charge in [-0.1, -0.05) is 60.7 Å². The molecule has 0 radical (unpaired) electrons. The van der Waals surface area contributed by atoms with Crippen LogP contribution in [-0.4, -0.2) is 17.2 Å². The minimum Gasteiger partial charge on any atom is -0.507 e. The predicted octanol–water partition coefficient (Wildman–Crippen LogP) is 4.46. The van der Waals surface area contributed by atoms with Crippen LogP contribution in [0.2, 0.25) is 0 Å². The van der Waals surface area contributed by atoms with Crippen LogP contribution in [0.1, 0.15) is 15.9 Å². The molecule has 0 aliphatic carbocycles. The molecule has 26 heavy (non-hydrogen) atoms. The number of hydrazone groups is 1. The van der Waals surface area contributed by atoms with E-state index >= 15 is 0 Å². The van der Waals surface area contributed by atoms with Crippen molar-refractivity contribution in [2.75, 3.05) is 0 Å². The molecular formula is C22H16N2O2. The highest BCUT2D eigenvalue weighted by Gasteiger charge is 2.09. The Kier molecular flexibility index (Phi) is 4.07. The van der Waals surface area contributed by atoms with Crippen LogP contribution in [0.15, 0.2) is 84.0 Å². The van der Waals surface area contributed by atoms with Gasteiger partial charge in [-0.2, -0.15) is 5.10 Å². The molecule has 126 valence electrons. The molecule has 0 unspecified atom stereocenters. The van der Waals surface area contributed by atoms with Crippen LogP contribution in [0.5, 0.6) is 5.75 Å². The average Bonchev–Trinajstić information content (AvgIpc) is 2.67. The summed E-state index contributed by atoms with van der Waals surface area (Å²) in [6.07, 6.45) is 1.66. The molecule has 0 saturated carbocycles. The van der Waals surface area contributed by atoms with Gasteiger partial charge in [-0.05, 0) is 39.7 Å². The van der Waals surface area contributed by atoms with E-state index in [9.17, 15) is 9.90 Å². The lowest BCUT2D eigenvalue weighted by molar-refractivity contribution is 0.0952. The Morgan fingerprint density at radius 2 is 1.42 bits per heavy atom. The first kappa shape index (κ1) is 15.8. The molecule has 1 amide bonds. The van der Waals surface area contributed by atoms with Crippen LogP contribution >= 0.6 is 0 Å². The van der Waals surface area contributed by atoms with E-state index in [1.807, 2.05) is 36.4 Å². The third-order valence-electron chi connectivity index (χ3n) is 4.32. The summed E-state index contributed by atoms with van der Waals surface area (Å²) in [6.45, 7) is 0. The van der Waals surface area contributed by atoms with Crippen molar-refractivity contribution in [1.29, 1.82) is 0 Å². The number of hydrogen-bond acceptors (Lipinski definition) is 3. The lowest BCUT2D eigenvalue weighted by Crippen LogP contribution is -2.17. The second-order valence-corrected chi connectivity index (χ2v) is 5.95. The van der Waals surface area contributed by atoms with Crippen LogP contribution in [-0.2, 0) is 0 Å². The van der Waals surface area contributed by atoms with E-state index in [4.69, 9.17) is 0 Å². The van der Waals surface area contributed by atoms with Gasteiger partial charge < -0.3 is 5.11 Å². The molecule has 0 saturated heterocycles. The van der Waals surface area contributed by atoms with Crippen molar-refractivity contribution in [2.45, 2.75) is 0 Å². The van der Waals surface area contributed by atoms with Crippen molar-refractivity contribution < 1.29 is 9.90 Å². The van der Waals surface area contributed by atoms with Crippen molar-refractivity contribution in [3.63, 3.8) is 0 Å². The van der Waals surface area contributed by atoms with Crippen LogP contribution in [0.4, 0.5) is 0 Å². The van der Waals surface area contributed by atoms with Crippen LogP contribution in [0, 0.1) is 0 Å². The number of nitrogens with one attached hydrogen (secondary N) is 1. The van der Waals surface area contributed by atoms with Crippen LogP contribution in [0.25, 0.3) is 21.5 Å². The van der Waals surface area contributed by atoms with E-state index in [2.05, 4.69) is 28.7 Å². The Morgan fingerprint density at radius 3 is 2.08 bits per heavy atom. The Bertz CT molecular complexity index is 1100. The number of carbonyl (C=O) groups is 1. The Morgan fingerprint density at radius 1 is 0.846 bits per heavy atom. The first-order valence-electron chi connectivity index (χ1n) is 8.26. The lowest BCUT2D eigenvalue weighted by Gasteiger charge is -2.08. The van der Waals surface area contributed by atoms with Crippen molar-refractivity contribution in [3.8, 4) is 5.75 Å². The first-order chi connectivity index (χ1) is 12.7. The maximum atomic E-state index is 12.2. The molecule has 0 fully saturated rings. The minimum atomic E-state index is -0.455. The van der Waals surface area contributed by atoms with Crippen molar-refractivity contribution >= 4 is 33.7 Å². The number of para-hydroxylation sites is 1. The highest BCUT2D eigenvalue weighted by Crippen LogP contribution is 2.27. The summed E-state index contributed by atoms with van der Waals surface area (Å²) in [6, 6.07) is 24.7. The highest BCUT2D eigenvalue weighted by atomic mass is 16.3. The van der Waals surface area contributed by atoms with Gasteiger partial charge in [-0.25, -0.2) is 5.43 Å². The molecule has 0 aliphatic heterocycles. The van der Waals surface area contributed by atoms with E-state index in [1.54, 1.807) is 24.4 Å². The number of aromatic hydroxyl groups is 1. The van der Waals surface area contributed by atoms with E-state index < -0.39 is 5.91 Å². The average molecular weight is 340 g/mol. The van der Waals surface area contributed by atoms with Crippen LogP contribution in [0.3, 0.4) is 0 Å². The molecule has 0 spiro atoms. The number of nitrogens with zero attached hydrogens (tertiary/aromatic N) is 1. The van der Waals surface area contributed by atoms with E-state index in [-0.39, 0.29) is 11.3 Å². The quantitative estimate of drug-likeness (QED) is 0.328. The first-order valence-corrected chi connectivity index (χ1v) is 8.26. The zero-order valence-electron chi connectivity index (χ0n) is 13.9. The standard InChI is InChI=1S/C22H16N2O2/c25-21-12-6-5-11-19(21)22(26)24-23-14-20-17-9-3-1-7-15(17)13-16-8-2-4-10-18(16)20/h1-14,25H,(H,24,26)/b23-14+. The fourth-order valence-electron chi connectivity index (χ4n) is 3.07. The van der Waals surface area contributed by atoms with Crippen LogP contribution < -0.4 is 5.43 Å². The van der Waals surface area contributed by atoms with Gasteiger partial charge >= 0.3 is 0 Å². The number of carbonyl (C=O) groups excluding carboxylic acids is 1. The van der Waals surface area contributed by atoms with E-state index in [0.717, 1.165) is 27.1 Å². The SMILES string of the molecule is O=C(N/N=C/c1c2ccccc2cc2ccccc12)c1ccccc1O. The second kappa shape index (κ2) is 6.69. The molecule has 0 aromatic heterocycles.